The number of carbonyl (C=O) groups excluding carboxylic acids is 1. The SMILES string of the molecule is COC(O)NC(C(C)=O)C(C)C. The Hall–Kier alpha value is -0.450. The second-order valence-corrected chi connectivity index (χ2v) is 3.09. The van der Waals surface area contributed by atoms with Crippen LogP contribution in [0.1, 0.15) is 20.8 Å². The average Bonchev–Trinajstić information content (AvgIpc) is 1.98. The summed E-state index contributed by atoms with van der Waals surface area (Å²) in [5.41, 5.74) is 0. The van der Waals surface area contributed by atoms with Gasteiger partial charge in [-0.15, -0.1) is 0 Å². The van der Waals surface area contributed by atoms with Gasteiger partial charge in [-0.2, -0.15) is 0 Å². The van der Waals surface area contributed by atoms with Gasteiger partial charge in [0.1, 0.15) is 5.78 Å². The van der Waals surface area contributed by atoms with Crippen molar-refractivity contribution < 1.29 is 14.6 Å². The topological polar surface area (TPSA) is 58.6 Å². The van der Waals surface area contributed by atoms with Crippen molar-refractivity contribution in [2.75, 3.05) is 7.11 Å². The second kappa shape index (κ2) is 5.24. The first-order valence-corrected chi connectivity index (χ1v) is 3.96. The Morgan fingerprint density at radius 1 is 1.50 bits per heavy atom. The van der Waals surface area contributed by atoms with Gasteiger partial charge in [0.15, 0.2) is 0 Å². The van der Waals surface area contributed by atoms with Crippen molar-refractivity contribution in [1.29, 1.82) is 0 Å². The molecule has 0 saturated carbocycles. The maximum Gasteiger partial charge on any atom is 0.213 e. The first-order valence-electron chi connectivity index (χ1n) is 3.96. The normalized spacial score (nSPS) is 16.2. The molecular formula is C8H17NO3. The molecule has 12 heavy (non-hydrogen) atoms. The lowest BCUT2D eigenvalue weighted by Gasteiger charge is -2.22. The number of hydrogen-bond donors (Lipinski definition) is 2. The Bertz CT molecular complexity index is 147. The van der Waals surface area contributed by atoms with Crippen LogP contribution < -0.4 is 5.32 Å². The lowest BCUT2D eigenvalue weighted by atomic mass is 10.0. The molecule has 0 aromatic heterocycles. The number of rotatable bonds is 5. The van der Waals surface area contributed by atoms with Crippen LogP contribution in [-0.4, -0.2) is 30.5 Å². The van der Waals surface area contributed by atoms with Gasteiger partial charge in [-0.25, -0.2) is 0 Å². The third-order valence-electron chi connectivity index (χ3n) is 1.65. The Kier molecular flexibility index (Phi) is 5.04. The predicted octanol–water partition coefficient (Wildman–Crippen LogP) is 0.112. The molecule has 0 fully saturated rings. The molecule has 4 heteroatoms. The van der Waals surface area contributed by atoms with Crippen molar-refractivity contribution >= 4 is 5.78 Å². The van der Waals surface area contributed by atoms with Gasteiger partial charge in [-0.1, -0.05) is 13.8 Å². The van der Waals surface area contributed by atoms with Crippen LogP contribution in [0.3, 0.4) is 0 Å². The Morgan fingerprint density at radius 2 is 2.00 bits per heavy atom. The van der Waals surface area contributed by atoms with Crippen molar-refractivity contribution in [3.05, 3.63) is 0 Å². The highest BCUT2D eigenvalue weighted by Gasteiger charge is 2.20. The monoisotopic (exact) mass is 175 g/mol. The van der Waals surface area contributed by atoms with Crippen LogP contribution in [0, 0.1) is 5.92 Å². The molecule has 0 aliphatic heterocycles. The largest absolute Gasteiger partial charge is 0.356 e. The highest BCUT2D eigenvalue weighted by molar-refractivity contribution is 5.81. The zero-order valence-corrected chi connectivity index (χ0v) is 8.00. The van der Waals surface area contributed by atoms with Crippen LogP contribution in [0.4, 0.5) is 0 Å². The maximum atomic E-state index is 11.0. The Balaban J connectivity index is 4.05. The molecule has 0 amide bonds. The summed E-state index contributed by atoms with van der Waals surface area (Å²) in [6, 6.07) is -0.347. The van der Waals surface area contributed by atoms with E-state index in [1.807, 2.05) is 13.8 Å². The smallest absolute Gasteiger partial charge is 0.213 e. The van der Waals surface area contributed by atoms with Gasteiger partial charge in [0.2, 0.25) is 6.41 Å². The number of Topliss-reactive ketones (excluding diaryl/α,β-unsaturated/α-hetero) is 1. The van der Waals surface area contributed by atoms with Crippen LogP contribution >= 0.6 is 0 Å². The van der Waals surface area contributed by atoms with E-state index in [-0.39, 0.29) is 17.7 Å². The summed E-state index contributed by atoms with van der Waals surface area (Å²) >= 11 is 0. The van der Waals surface area contributed by atoms with Crippen molar-refractivity contribution in [1.82, 2.24) is 5.32 Å². The standard InChI is InChI=1S/C8H17NO3/c1-5(2)7(6(3)10)9-8(11)12-4/h5,7-9,11H,1-4H3. The maximum absolute atomic E-state index is 11.0. The third kappa shape index (κ3) is 3.80. The van der Waals surface area contributed by atoms with Crippen molar-refractivity contribution in [2.24, 2.45) is 5.92 Å². The summed E-state index contributed by atoms with van der Waals surface area (Å²) in [5, 5.41) is 11.7. The lowest BCUT2D eigenvalue weighted by molar-refractivity contribution is -0.131. The zero-order chi connectivity index (χ0) is 9.72. The van der Waals surface area contributed by atoms with Gasteiger partial charge in [-0.3, -0.25) is 10.1 Å². The van der Waals surface area contributed by atoms with E-state index >= 15 is 0 Å². The highest BCUT2D eigenvalue weighted by atomic mass is 16.6. The second-order valence-electron chi connectivity index (χ2n) is 3.09. The van der Waals surface area contributed by atoms with Crippen LogP contribution in [-0.2, 0) is 9.53 Å². The molecule has 0 rings (SSSR count). The number of nitrogens with one attached hydrogen (secondary N) is 1. The fourth-order valence-corrected chi connectivity index (χ4v) is 1.00. The minimum Gasteiger partial charge on any atom is -0.356 e. The summed E-state index contributed by atoms with van der Waals surface area (Å²) < 4.78 is 4.57. The van der Waals surface area contributed by atoms with Crippen molar-refractivity contribution in [3.63, 3.8) is 0 Å². The van der Waals surface area contributed by atoms with E-state index < -0.39 is 6.41 Å². The molecule has 0 bridgehead atoms. The number of aliphatic hydroxyl groups excluding tert-OH is 1. The van der Waals surface area contributed by atoms with E-state index in [0.29, 0.717) is 0 Å². The summed E-state index contributed by atoms with van der Waals surface area (Å²) in [7, 11) is 1.37. The molecule has 0 aliphatic carbocycles. The quantitative estimate of drug-likeness (QED) is 0.582. The van der Waals surface area contributed by atoms with Gasteiger partial charge >= 0.3 is 0 Å². The molecule has 0 spiro atoms. The van der Waals surface area contributed by atoms with E-state index in [0.717, 1.165) is 0 Å². The van der Waals surface area contributed by atoms with Crippen LogP contribution in [0.5, 0.6) is 0 Å². The lowest BCUT2D eigenvalue weighted by Crippen LogP contribution is -2.46. The molecule has 0 radical (unpaired) electrons. The number of carbonyl (C=O) groups is 1. The first-order chi connectivity index (χ1) is 5.49. The molecule has 4 nitrogen and oxygen atoms in total. The number of aliphatic hydroxyl groups is 1. The number of ether oxygens (including phenoxy) is 1. The van der Waals surface area contributed by atoms with E-state index in [4.69, 9.17) is 5.11 Å². The van der Waals surface area contributed by atoms with Gasteiger partial charge in [0.05, 0.1) is 6.04 Å². The van der Waals surface area contributed by atoms with E-state index in [2.05, 4.69) is 10.1 Å². The molecule has 0 heterocycles. The van der Waals surface area contributed by atoms with Gasteiger partial charge < -0.3 is 9.84 Å². The zero-order valence-electron chi connectivity index (χ0n) is 8.00. The fraction of sp³-hybridized carbons (Fsp3) is 0.875. The number of methoxy groups -OCH3 is 1. The Morgan fingerprint density at radius 3 is 2.25 bits per heavy atom. The molecule has 2 atom stereocenters. The summed E-state index contributed by atoms with van der Waals surface area (Å²) in [6.07, 6.45) is -1.07. The minimum atomic E-state index is -1.07. The average molecular weight is 175 g/mol. The first kappa shape index (κ1) is 11.6. The summed E-state index contributed by atoms with van der Waals surface area (Å²) in [5.74, 6) is 0.147. The van der Waals surface area contributed by atoms with E-state index in [9.17, 15) is 4.79 Å². The molecule has 0 aromatic rings. The van der Waals surface area contributed by atoms with Gasteiger partial charge in [0, 0.05) is 7.11 Å². The predicted molar refractivity (Wildman–Crippen MR) is 45.5 cm³/mol. The third-order valence-corrected chi connectivity index (χ3v) is 1.65. The van der Waals surface area contributed by atoms with E-state index in [1.165, 1.54) is 14.0 Å². The summed E-state index contributed by atoms with van der Waals surface area (Å²) in [4.78, 5) is 11.0. The van der Waals surface area contributed by atoms with Gasteiger partial charge in [-0.05, 0) is 12.8 Å². The van der Waals surface area contributed by atoms with Crippen LogP contribution in [0.15, 0.2) is 0 Å². The van der Waals surface area contributed by atoms with Crippen molar-refractivity contribution in [2.45, 2.75) is 33.2 Å². The molecule has 0 saturated heterocycles. The molecule has 0 aromatic carbocycles. The van der Waals surface area contributed by atoms with Gasteiger partial charge in [0.25, 0.3) is 0 Å². The molecule has 2 N–H and O–H groups in total. The van der Waals surface area contributed by atoms with E-state index in [1.54, 1.807) is 0 Å². The fourth-order valence-electron chi connectivity index (χ4n) is 1.00. The Labute approximate surface area is 72.9 Å². The number of hydrogen-bond acceptors (Lipinski definition) is 4. The molecule has 0 aliphatic rings. The summed E-state index contributed by atoms with van der Waals surface area (Å²) in [6.45, 7) is 5.29. The minimum absolute atomic E-state index is 0.00102. The van der Waals surface area contributed by atoms with Crippen LogP contribution in [0.2, 0.25) is 0 Å². The van der Waals surface area contributed by atoms with Crippen molar-refractivity contribution in [3.8, 4) is 0 Å². The van der Waals surface area contributed by atoms with Crippen LogP contribution in [0.25, 0.3) is 0 Å². The molecule has 2 unspecified atom stereocenters. The molecular weight excluding hydrogens is 158 g/mol. The molecule has 72 valence electrons. The number of ketones is 1. The highest BCUT2D eigenvalue weighted by Crippen LogP contribution is 2.03.